The molecule has 1 amide bonds. The van der Waals surface area contributed by atoms with Crippen molar-refractivity contribution in [3.63, 3.8) is 0 Å². The maximum absolute atomic E-state index is 12.3. The highest BCUT2D eigenvalue weighted by molar-refractivity contribution is 9.11. The normalized spacial score (nSPS) is 14.0. The van der Waals surface area contributed by atoms with Crippen LogP contribution in [0, 0.1) is 0 Å². The Morgan fingerprint density at radius 3 is 2.90 bits per heavy atom. The molecule has 0 aliphatic carbocycles. The summed E-state index contributed by atoms with van der Waals surface area (Å²) in [7, 11) is 0. The van der Waals surface area contributed by atoms with E-state index in [1.807, 2.05) is 11.4 Å². The molecule has 0 spiro atoms. The number of nitrogens with one attached hydrogen (secondary N) is 2. The van der Waals surface area contributed by atoms with Gasteiger partial charge in [0.05, 0.1) is 16.8 Å². The van der Waals surface area contributed by atoms with E-state index in [0.29, 0.717) is 30.6 Å². The van der Waals surface area contributed by atoms with Crippen LogP contribution in [0.4, 0.5) is 0 Å². The minimum absolute atomic E-state index is 0.00733. The van der Waals surface area contributed by atoms with E-state index in [4.69, 9.17) is 0 Å². The molecule has 0 bridgehead atoms. The van der Waals surface area contributed by atoms with Crippen LogP contribution in [0.5, 0.6) is 0 Å². The van der Waals surface area contributed by atoms with Crippen LogP contribution in [0.15, 0.2) is 24.8 Å². The van der Waals surface area contributed by atoms with E-state index in [0.717, 1.165) is 9.35 Å². The molecule has 0 saturated heterocycles. The van der Waals surface area contributed by atoms with Crippen LogP contribution in [-0.2, 0) is 24.2 Å². The number of carbonyl (C=O) groups excluding carboxylic acids is 1. The number of aromatic nitrogens is 2. The minimum Gasteiger partial charge on any atom is -0.336 e. The molecule has 0 fully saturated rings. The lowest BCUT2D eigenvalue weighted by molar-refractivity contribution is -0.131. The topological polar surface area (TPSA) is 86.0 Å². The lowest BCUT2D eigenvalue weighted by Crippen LogP contribution is -2.41. The highest BCUT2D eigenvalue weighted by Gasteiger charge is 2.23. The molecule has 1 aliphatic heterocycles. The first kappa shape index (κ1) is 14.3. The van der Waals surface area contributed by atoms with Gasteiger partial charge in [0.2, 0.25) is 5.91 Å². The van der Waals surface area contributed by atoms with Gasteiger partial charge in [0.1, 0.15) is 0 Å². The van der Waals surface area contributed by atoms with Crippen molar-refractivity contribution < 1.29 is 4.79 Å². The standard InChI is InChI=1S/C13H12BrN3O3S/c14-10-3-7(6-21-10)4-11(18)17-2-1-8-9(5-17)15-13(20)16-12(8)19/h3,6H,1-2,4-5H2,(H2,15,16,19,20). The van der Waals surface area contributed by atoms with Crippen molar-refractivity contribution in [2.75, 3.05) is 6.54 Å². The number of hydrogen-bond acceptors (Lipinski definition) is 4. The molecule has 2 N–H and O–H groups in total. The summed E-state index contributed by atoms with van der Waals surface area (Å²) in [5.74, 6) is -0.00733. The molecule has 0 saturated carbocycles. The molecule has 0 radical (unpaired) electrons. The van der Waals surface area contributed by atoms with Gasteiger partial charge in [-0.1, -0.05) is 0 Å². The van der Waals surface area contributed by atoms with Crippen molar-refractivity contribution in [1.29, 1.82) is 0 Å². The lowest BCUT2D eigenvalue weighted by Gasteiger charge is -2.27. The highest BCUT2D eigenvalue weighted by atomic mass is 79.9. The maximum Gasteiger partial charge on any atom is 0.325 e. The van der Waals surface area contributed by atoms with Gasteiger partial charge in [-0.3, -0.25) is 14.6 Å². The molecule has 0 aromatic carbocycles. The van der Waals surface area contributed by atoms with Crippen molar-refractivity contribution in [3.8, 4) is 0 Å². The first-order valence-corrected chi connectivity index (χ1v) is 8.05. The predicted molar refractivity (Wildman–Crippen MR) is 82.5 cm³/mol. The quantitative estimate of drug-likeness (QED) is 0.828. The Balaban J connectivity index is 1.78. The number of amides is 1. The number of aromatic amines is 2. The van der Waals surface area contributed by atoms with Crippen molar-refractivity contribution in [3.05, 3.63) is 52.9 Å². The van der Waals surface area contributed by atoms with E-state index in [2.05, 4.69) is 25.9 Å². The molecular weight excluding hydrogens is 358 g/mol. The molecular formula is C13H12BrN3O3S. The van der Waals surface area contributed by atoms with Gasteiger partial charge in [-0.05, 0) is 39.4 Å². The summed E-state index contributed by atoms with van der Waals surface area (Å²) in [6, 6.07) is 1.92. The number of halogens is 1. The van der Waals surface area contributed by atoms with Crippen LogP contribution in [0.25, 0.3) is 0 Å². The second-order valence-electron chi connectivity index (χ2n) is 4.87. The molecule has 1 aliphatic rings. The Morgan fingerprint density at radius 1 is 1.38 bits per heavy atom. The summed E-state index contributed by atoms with van der Waals surface area (Å²) in [4.78, 5) is 41.8. The molecule has 21 heavy (non-hydrogen) atoms. The first-order chi connectivity index (χ1) is 10.0. The average Bonchev–Trinajstić information content (AvgIpc) is 2.83. The third-order valence-corrected chi connectivity index (χ3v) is 4.99. The van der Waals surface area contributed by atoms with Crippen LogP contribution in [0.1, 0.15) is 16.8 Å². The molecule has 110 valence electrons. The summed E-state index contributed by atoms with van der Waals surface area (Å²) in [6.45, 7) is 0.769. The highest BCUT2D eigenvalue weighted by Crippen LogP contribution is 2.22. The molecule has 3 heterocycles. The second kappa shape index (κ2) is 5.61. The number of thiophene rings is 1. The van der Waals surface area contributed by atoms with E-state index in [-0.39, 0.29) is 18.0 Å². The number of carbonyl (C=O) groups is 1. The minimum atomic E-state index is -0.533. The van der Waals surface area contributed by atoms with Crippen LogP contribution in [-0.4, -0.2) is 27.3 Å². The predicted octanol–water partition coefficient (Wildman–Crippen LogP) is 1.01. The Morgan fingerprint density at radius 2 is 2.19 bits per heavy atom. The van der Waals surface area contributed by atoms with Crippen LogP contribution in [0.3, 0.4) is 0 Å². The van der Waals surface area contributed by atoms with Crippen LogP contribution >= 0.6 is 27.3 Å². The maximum atomic E-state index is 12.3. The fraction of sp³-hybridized carbons (Fsp3) is 0.308. The van der Waals surface area contributed by atoms with E-state index < -0.39 is 5.69 Å². The van der Waals surface area contributed by atoms with Gasteiger partial charge >= 0.3 is 5.69 Å². The zero-order valence-electron chi connectivity index (χ0n) is 10.9. The van der Waals surface area contributed by atoms with Crippen molar-refractivity contribution in [1.82, 2.24) is 14.9 Å². The third-order valence-electron chi connectivity index (χ3n) is 3.44. The third kappa shape index (κ3) is 3.01. The van der Waals surface area contributed by atoms with Crippen LogP contribution < -0.4 is 11.2 Å². The number of nitrogens with zero attached hydrogens (tertiary/aromatic N) is 1. The zero-order valence-corrected chi connectivity index (χ0v) is 13.3. The summed E-state index contributed by atoms with van der Waals surface area (Å²) in [5.41, 5.74) is 1.17. The summed E-state index contributed by atoms with van der Waals surface area (Å²) >= 11 is 4.91. The lowest BCUT2D eigenvalue weighted by atomic mass is 10.1. The smallest absolute Gasteiger partial charge is 0.325 e. The first-order valence-electron chi connectivity index (χ1n) is 6.38. The fourth-order valence-electron chi connectivity index (χ4n) is 2.41. The van der Waals surface area contributed by atoms with Crippen LogP contribution in [0.2, 0.25) is 0 Å². The molecule has 8 heteroatoms. The Labute approximate surface area is 131 Å². The van der Waals surface area contributed by atoms with Gasteiger partial charge < -0.3 is 9.88 Å². The van der Waals surface area contributed by atoms with E-state index in [9.17, 15) is 14.4 Å². The summed E-state index contributed by atoms with van der Waals surface area (Å²) in [6.07, 6.45) is 0.783. The number of fused-ring (bicyclic) bond motifs is 1. The van der Waals surface area contributed by atoms with Crippen molar-refractivity contribution in [2.24, 2.45) is 0 Å². The fourth-order valence-corrected chi connectivity index (χ4v) is 3.62. The number of rotatable bonds is 2. The molecule has 0 unspecified atom stereocenters. The van der Waals surface area contributed by atoms with Crippen molar-refractivity contribution >= 4 is 33.2 Å². The van der Waals surface area contributed by atoms with Gasteiger partial charge in [-0.15, -0.1) is 11.3 Å². The van der Waals surface area contributed by atoms with Gasteiger partial charge in [-0.25, -0.2) is 4.79 Å². The second-order valence-corrected chi connectivity index (χ2v) is 7.16. The molecule has 3 rings (SSSR count). The number of hydrogen-bond donors (Lipinski definition) is 2. The monoisotopic (exact) mass is 369 g/mol. The van der Waals surface area contributed by atoms with E-state index in [1.54, 1.807) is 4.90 Å². The SMILES string of the molecule is O=C(Cc1csc(Br)c1)N1CCc2c([nH]c(=O)[nH]c2=O)C1. The van der Waals surface area contributed by atoms with Gasteiger partial charge in [0.15, 0.2) is 0 Å². The van der Waals surface area contributed by atoms with E-state index >= 15 is 0 Å². The molecule has 2 aromatic rings. The Hall–Kier alpha value is -1.67. The Kier molecular flexibility index (Phi) is 3.81. The number of H-pyrrole nitrogens is 2. The van der Waals surface area contributed by atoms with Gasteiger partial charge in [0.25, 0.3) is 5.56 Å². The summed E-state index contributed by atoms with van der Waals surface area (Å²) < 4.78 is 0.991. The van der Waals surface area contributed by atoms with Gasteiger partial charge in [-0.2, -0.15) is 0 Å². The Bertz CT molecular complexity index is 807. The van der Waals surface area contributed by atoms with Gasteiger partial charge in [0, 0.05) is 17.8 Å². The van der Waals surface area contributed by atoms with Crippen molar-refractivity contribution in [2.45, 2.75) is 19.4 Å². The molecule has 6 nitrogen and oxygen atoms in total. The average molecular weight is 370 g/mol. The summed E-state index contributed by atoms with van der Waals surface area (Å²) in [5, 5.41) is 1.94. The largest absolute Gasteiger partial charge is 0.336 e. The van der Waals surface area contributed by atoms with E-state index in [1.165, 1.54) is 11.3 Å². The zero-order chi connectivity index (χ0) is 15.0. The molecule has 2 aromatic heterocycles. The molecule has 0 atom stereocenters.